The molecular formula is C26H23FN4O2. The van der Waals surface area contributed by atoms with Crippen LogP contribution in [-0.2, 0) is 4.79 Å². The second kappa shape index (κ2) is 8.86. The molecule has 2 amide bonds. The molecule has 2 heterocycles. The van der Waals surface area contributed by atoms with Crippen LogP contribution >= 0.6 is 0 Å². The molecule has 1 saturated heterocycles. The summed E-state index contributed by atoms with van der Waals surface area (Å²) in [7, 11) is 0. The van der Waals surface area contributed by atoms with E-state index < -0.39 is 0 Å². The smallest absolute Gasteiger partial charge is 0.253 e. The number of anilines is 1. The molecule has 1 aliphatic rings. The Kier molecular flexibility index (Phi) is 5.60. The zero-order valence-electron chi connectivity index (χ0n) is 17.9. The van der Waals surface area contributed by atoms with E-state index in [2.05, 4.69) is 15.3 Å². The number of benzene rings is 3. The number of para-hydroxylation sites is 2. The van der Waals surface area contributed by atoms with Crippen LogP contribution in [0.15, 0.2) is 72.8 Å². The highest BCUT2D eigenvalue weighted by atomic mass is 19.1. The van der Waals surface area contributed by atoms with Crippen LogP contribution in [0.3, 0.4) is 0 Å². The molecule has 4 aromatic rings. The number of nitrogens with zero attached hydrogens (tertiary/aromatic N) is 2. The van der Waals surface area contributed by atoms with Crippen molar-refractivity contribution < 1.29 is 14.0 Å². The number of hydrogen-bond acceptors (Lipinski definition) is 3. The zero-order valence-corrected chi connectivity index (χ0v) is 17.9. The van der Waals surface area contributed by atoms with Crippen LogP contribution < -0.4 is 5.32 Å². The Balaban J connectivity index is 1.23. The summed E-state index contributed by atoms with van der Waals surface area (Å²) < 4.78 is 13.2. The fourth-order valence-corrected chi connectivity index (χ4v) is 4.20. The molecule has 166 valence electrons. The lowest BCUT2D eigenvalue weighted by Gasteiger charge is -2.32. The highest BCUT2D eigenvalue weighted by Gasteiger charge is 2.29. The van der Waals surface area contributed by atoms with Gasteiger partial charge in [-0.15, -0.1) is 0 Å². The van der Waals surface area contributed by atoms with E-state index in [1.807, 2.05) is 48.5 Å². The average molecular weight is 442 g/mol. The molecule has 6 nitrogen and oxygen atoms in total. The Morgan fingerprint density at radius 1 is 1.00 bits per heavy atom. The Labute approximate surface area is 190 Å². The molecule has 3 aromatic carbocycles. The van der Waals surface area contributed by atoms with Gasteiger partial charge in [-0.25, -0.2) is 9.37 Å². The molecule has 1 fully saturated rings. The van der Waals surface area contributed by atoms with Gasteiger partial charge in [-0.3, -0.25) is 9.59 Å². The molecule has 0 saturated carbocycles. The van der Waals surface area contributed by atoms with Crippen molar-refractivity contribution in [3.8, 4) is 11.4 Å². The maximum atomic E-state index is 13.2. The van der Waals surface area contributed by atoms with Gasteiger partial charge in [0.1, 0.15) is 11.6 Å². The first kappa shape index (κ1) is 20.9. The molecular weight excluding hydrogens is 419 g/mol. The lowest BCUT2D eigenvalue weighted by atomic mass is 9.96. The number of likely N-dealkylation sites (tertiary alicyclic amines) is 1. The van der Waals surface area contributed by atoms with E-state index in [0.717, 1.165) is 35.3 Å². The third kappa shape index (κ3) is 4.48. The minimum Gasteiger partial charge on any atom is -0.338 e. The number of fused-ring (bicyclic) bond motifs is 1. The monoisotopic (exact) mass is 442 g/mol. The summed E-state index contributed by atoms with van der Waals surface area (Å²) >= 11 is 0. The average Bonchev–Trinajstić information content (AvgIpc) is 3.29. The summed E-state index contributed by atoms with van der Waals surface area (Å²) in [6, 6.07) is 20.9. The van der Waals surface area contributed by atoms with Gasteiger partial charge in [-0.2, -0.15) is 0 Å². The molecule has 1 atom stereocenters. The molecule has 0 bridgehead atoms. The Bertz CT molecular complexity index is 1270. The second-order valence-electron chi connectivity index (χ2n) is 8.27. The second-order valence-corrected chi connectivity index (χ2v) is 8.27. The van der Waals surface area contributed by atoms with Crippen molar-refractivity contribution in [2.24, 2.45) is 5.92 Å². The number of halogens is 1. The topological polar surface area (TPSA) is 78.1 Å². The highest BCUT2D eigenvalue weighted by molar-refractivity contribution is 5.96. The number of carbonyl (C=O) groups is 2. The number of rotatable bonds is 4. The number of nitrogens with one attached hydrogen (secondary N) is 2. The lowest BCUT2D eigenvalue weighted by Crippen LogP contribution is -2.43. The summed E-state index contributed by atoms with van der Waals surface area (Å²) in [5, 5.41) is 2.97. The summed E-state index contributed by atoms with van der Waals surface area (Å²) in [6.07, 6.45) is 1.46. The van der Waals surface area contributed by atoms with Crippen molar-refractivity contribution in [1.82, 2.24) is 14.9 Å². The standard InChI is InChI=1S/C26H23FN4O2/c27-20-11-7-18(8-12-20)26(33)31-15-3-4-19(16-31)25(32)28-21-13-9-17(10-14-21)24-29-22-5-1-2-6-23(22)30-24/h1-2,5-14,19H,3-4,15-16H2,(H,28,32)(H,29,30)/t19-/m1/s1. The molecule has 0 aliphatic carbocycles. The zero-order chi connectivity index (χ0) is 22.8. The number of hydrogen-bond donors (Lipinski definition) is 2. The van der Waals surface area contributed by atoms with E-state index in [1.54, 1.807) is 4.90 Å². The summed E-state index contributed by atoms with van der Waals surface area (Å²) in [5.41, 5.74) is 3.93. The minimum atomic E-state index is -0.381. The minimum absolute atomic E-state index is 0.108. The number of H-pyrrole nitrogens is 1. The van der Waals surface area contributed by atoms with E-state index in [-0.39, 0.29) is 23.5 Å². The number of aromatic amines is 1. The molecule has 0 spiro atoms. The lowest BCUT2D eigenvalue weighted by molar-refractivity contribution is -0.121. The van der Waals surface area contributed by atoms with E-state index in [1.165, 1.54) is 24.3 Å². The Morgan fingerprint density at radius 2 is 1.76 bits per heavy atom. The first-order valence-corrected chi connectivity index (χ1v) is 11.0. The van der Waals surface area contributed by atoms with Crippen LogP contribution in [-0.4, -0.2) is 39.8 Å². The number of aromatic nitrogens is 2. The van der Waals surface area contributed by atoms with E-state index >= 15 is 0 Å². The molecule has 33 heavy (non-hydrogen) atoms. The van der Waals surface area contributed by atoms with E-state index in [4.69, 9.17) is 0 Å². The van der Waals surface area contributed by atoms with Gasteiger partial charge in [0.25, 0.3) is 5.91 Å². The maximum absolute atomic E-state index is 13.2. The third-order valence-corrected chi connectivity index (χ3v) is 5.99. The Hall–Kier alpha value is -4.00. The van der Waals surface area contributed by atoms with Gasteiger partial charge in [0.15, 0.2) is 0 Å². The summed E-state index contributed by atoms with van der Waals surface area (Å²) in [4.78, 5) is 35.2. The normalized spacial score (nSPS) is 16.0. The van der Waals surface area contributed by atoms with Gasteiger partial charge in [-0.05, 0) is 73.5 Å². The van der Waals surface area contributed by atoms with Crippen molar-refractivity contribution in [2.45, 2.75) is 12.8 Å². The van der Waals surface area contributed by atoms with Crippen LogP contribution in [0.5, 0.6) is 0 Å². The van der Waals surface area contributed by atoms with E-state index in [9.17, 15) is 14.0 Å². The largest absolute Gasteiger partial charge is 0.338 e. The van der Waals surface area contributed by atoms with Crippen LogP contribution in [0.25, 0.3) is 22.4 Å². The SMILES string of the molecule is O=C(Nc1ccc(-c2nc3ccccc3[nH]2)cc1)[C@@H]1CCCN(C(=O)c2ccc(F)cc2)C1. The highest BCUT2D eigenvalue weighted by Crippen LogP contribution is 2.24. The van der Waals surface area contributed by atoms with Crippen LogP contribution in [0.4, 0.5) is 10.1 Å². The molecule has 0 radical (unpaired) electrons. The van der Waals surface area contributed by atoms with Crippen molar-refractivity contribution in [3.63, 3.8) is 0 Å². The third-order valence-electron chi connectivity index (χ3n) is 5.99. The Morgan fingerprint density at radius 3 is 2.52 bits per heavy atom. The first-order chi connectivity index (χ1) is 16.1. The maximum Gasteiger partial charge on any atom is 0.253 e. The predicted octanol–water partition coefficient (Wildman–Crippen LogP) is 4.86. The van der Waals surface area contributed by atoms with Crippen LogP contribution in [0.1, 0.15) is 23.2 Å². The van der Waals surface area contributed by atoms with Gasteiger partial charge in [0.2, 0.25) is 5.91 Å². The number of carbonyl (C=O) groups excluding carboxylic acids is 2. The molecule has 2 N–H and O–H groups in total. The van der Waals surface area contributed by atoms with Crippen molar-refractivity contribution in [1.29, 1.82) is 0 Å². The fourth-order valence-electron chi connectivity index (χ4n) is 4.20. The molecule has 7 heteroatoms. The van der Waals surface area contributed by atoms with Crippen molar-refractivity contribution in [2.75, 3.05) is 18.4 Å². The van der Waals surface area contributed by atoms with E-state index in [0.29, 0.717) is 24.3 Å². The molecule has 1 aliphatic heterocycles. The summed E-state index contributed by atoms with van der Waals surface area (Å²) in [6.45, 7) is 0.936. The van der Waals surface area contributed by atoms with Crippen LogP contribution in [0, 0.1) is 11.7 Å². The van der Waals surface area contributed by atoms with Gasteiger partial charge in [0.05, 0.1) is 17.0 Å². The molecule has 1 aromatic heterocycles. The first-order valence-electron chi connectivity index (χ1n) is 11.0. The predicted molar refractivity (Wildman–Crippen MR) is 125 cm³/mol. The van der Waals surface area contributed by atoms with Crippen molar-refractivity contribution in [3.05, 3.63) is 84.2 Å². The molecule has 5 rings (SSSR count). The van der Waals surface area contributed by atoms with Gasteiger partial charge < -0.3 is 15.2 Å². The number of imidazole rings is 1. The fraction of sp³-hybridized carbons (Fsp3) is 0.192. The van der Waals surface area contributed by atoms with Gasteiger partial charge in [0, 0.05) is 29.9 Å². The molecule has 0 unspecified atom stereocenters. The van der Waals surface area contributed by atoms with Gasteiger partial charge >= 0.3 is 0 Å². The number of amides is 2. The van der Waals surface area contributed by atoms with Crippen LogP contribution in [0.2, 0.25) is 0 Å². The number of piperidine rings is 1. The van der Waals surface area contributed by atoms with Crippen molar-refractivity contribution >= 4 is 28.5 Å². The van der Waals surface area contributed by atoms with Gasteiger partial charge in [-0.1, -0.05) is 12.1 Å². The quantitative estimate of drug-likeness (QED) is 0.474. The summed E-state index contributed by atoms with van der Waals surface area (Å²) in [5.74, 6) is -0.186.